The van der Waals surface area contributed by atoms with Crippen LogP contribution in [0.1, 0.15) is 103 Å². The minimum Gasteiger partial charge on any atom is -0.310 e. The predicted octanol–water partition coefficient (Wildman–Crippen LogP) is 15.8. The number of hydrogen-bond donors (Lipinski definition) is 0. The van der Waals surface area contributed by atoms with Crippen LogP contribution >= 0.6 is 0 Å². The first-order chi connectivity index (χ1) is 27.6. The number of rotatable bonds is 6. The van der Waals surface area contributed by atoms with Crippen LogP contribution in [0.2, 0.25) is 0 Å². The van der Waals surface area contributed by atoms with Crippen molar-refractivity contribution in [2.45, 2.75) is 90.9 Å². The number of benzene rings is 7. The maximum absolute atomic E-state index is 2.59. The molecule has 290 valence electrons. The fourth-order valence-electron chi connectivity index (χ4n) is 9.80. The van der Waals surface area contributed by atoms with Gasteiger partial charge in [-0.3, -0.25) is 0 Å². The van der Waals surface area contributed by atoms with E-state index in [1.165, 1.54) is 67.0 Å². The topological polar surface area (TPSA) is 6.48 Å². The van der Waals surface area contributed by atoms with Crippen molar-refractivity contribution >= 4 is 34.1 Å². The Labute approximate surface area is 346 Å². The van der Waals surface area contributed by atoms with Gasteiger partial charge in [-0.05, 0) is 151 Å². The molecule has 2 nitrogen and oxygen atoms in total. The third-order valence-electron chi connectivity index (χ3n) is 12.8. The van der Waals surface area contributed by atoms with E-state index in [1.54, 1.807) is 0 Å². The lowest BCUT2D eigenvalue weighted by atomic mass is 9.77. The van der Waals surface area contributed by atoms with Crippen molar-refractivity contribution in [1.29, 1.82) is 0 Å². The van der Waals surface area contributed by atoms with Crippen LogP contribution in [-0.4, -0.2) is 0 Å². The van der Waals surface area contributed by atoms with Gasteiger partial charge < -0.3 is 9.80 Å². The van der Waals surface area contributed by atoms with Gasteiger partial charge in [0.15, 0.2) is 0 Å². The molecule has 0 N–H and O–H groups in total. The minimum atomic E-state index is -0.221. The molecule has 0 amide bonds. The second-order valence-corrected chi connectivity index (χ2v) is 19.5. The molecule has 2 heteroatoms. The predicted molar refractivity (Wildman–Crippen MR) is 248 cm³/mol. The summed E-state index contributed by atoms with van der Waals surface area (Å²) in [7, 11) is 0. The molecular weight excluding hydrogens is 701 g/mol. The fraction of sp³-hybridized carbons (Fsp3) is 0.250. The second-order valence-electron chi connectivity index (χ2n) is 19.5. The monoisotopic (exact) mass is 756 g/mol. The summed E-state index contributed by atoms with van der Waals surface area (Å²) in [5, 5.41) is 0. The zero-order valence-corrected chi connectivity index (χ0v) is 35.9. The molecule has 9 rings (SSSR count). The highest BCUT2D eigenvalue weighted by Gasteiger charge is 2.45. The van der Waals surface area contributed by atoms with Gasteiger partial charge in [-0.25, -0.2) is 0 Å². The largest absolute Gasteiger partial charge is 0.310 e. The number of hydrogen-bond acceptors (Lipinski definition) is 2. The molecule has 0 radical (unpaired) electrons. The second kappa shape index (κ2) is 13.3. The summed E-state index contributed by atoms with van der Waals surface area (Å²) in [6.07, 6.45) is 0. The van der Waals surface area contributed by atoms with Gasteiger partial charge in [0.25, 0.3) is 0 Å². The van der Waals surface area contributed by atoms with Gasteiger partial charge in [-0.1, -0.05) is 142 Å². The molecule has 0 spiro atoms. The average Bonchev–Trinajstić information content (AvgIpc) is 3.56. The van der Waals surface area contributed by atoms with Crippen molar-refractivity contribution in [3.8, 4) is 22.3 Å². The summed E-state index contributed by atoms with van der Waals surface area (Å²) in [4.78, 5) is 4.85. The molecule has 0 unspecified atom stereocenters. The molecule has 7 aromatic carbocycles. The number of fused-ring (bicyclic) bond motifs is 6. The Bertz CT molecular complexity index is 2390. The number of anilines is 6. The van der Waals surface area contributed by atoms with E-state index in [0.717, 1.165) is 22.7 Å². The average molecular weight is 757 g/mol. The molecule has 0 atom stereocenters. The van der Waals surface area contributed by atoms with Crippen LogP contribution in [0.3, 0.4) is 0 Å². The lowest BCUT2D eigenvalue weighted by Crippen LogP contribution is -2.20. The van der Waals surface area contributed by atoms with Gasteiger partial charge in [0, 0.05) is 45.0 Å². The highest BCUT2D eigenvalue weighted by Crippen LogP contribution is 2.60. The van der Waals surface area contributed by atoms with Crippen LogP contribution in [0.15, 0.2) is 158 Å². The van der Waals surface area contributed by atoms with E-state index in [9.17, 15) is 0 Å². The van der Waals surface area contributed by atoms with Crippen molar-refractivity contribution in [2.24, 2.45) is 0 Å². The van der Waals surface area contributed by atoms with Crippen LogP contribution < -0.4 is 9.80 Å². The molecule has 2 aliphatic rings. The van der Waals surface area contributed by atoms with E-state index in [-0.39, 0.29) is 21.7 Å². The smallest absolute Gasteiger partial charge is 0.0468 e. The molecule has 2 aliphatic carbocycles. The number of nitrogens with zero attached hydrogens (tertiary/aromatic N) is 2. The summed E-state index contributed by atoms with van der Waals surface area (Å²) in [5.74, 6) is 0. The molecule has 58 heavy (non-hydrogen) atoms. The molecule has 7 aromatic rings. The van der Waals surface area contributed by atoms with Gasteiger partial charge in [0.05, 0.1) is 0 Å². The van der Waals surface area contributed by atoms with E-state index < -0.39 is 0 Å². The fourth-order valence-corrected chi connectivity index (χ4v) is 9.80. The summed E-state index contributed by atoms with van der Waals surface area (Å²) >= 11 is 0. The van der Waals surface area contributed by atoms with Gasteiger partial charge >= 0.3 is 0 Å². The van der Waals surface area contributed by atoms with Crippen molar-refractivity contribution in [3.63, 3.8) is 0 Å². The van der Waals surface area contributed by atoms with Crippen LogP contribution in [-0.2, 0) is 21.7 Å². The standard InChI is InChI=1S/C56H56N2/c1-53(2,3)47-31-41(57(37-23-15-11-16-24-37)38-25-17-12-18-26-38)33-49-51(47)43-35-46-44(36-45(43)55(49,7)8)52-48(54(4,5)6)32-42(34-50(52)56(46,9)10)58(39-27-19-13-20-28-39)40-29-21-14-22-30-40/h11-36H,1-10H3. The van der Waals surface area contributed by atoms with Gasteiger partial charge in [0.2, 0.25) is 0 Å². The maximum Gasteiger partial charge on any atom is 0.0468 e. The summed E-state index contributed by atoms with van der Waals surface area (Å²) < 4.78 is 0. The van der Waals surface area contributed by atoms with E-state index in [0.29, 0.717) is 0 Å². The molecule has 0 saturated carbocycles. The van der Waals surface area contributed by atoms with Crippen LogP contribution in [0.4, 0.5) is 34.1 Å². The van der Waals surface area contributed by atoms with Crippen molar-refractivity contribution in [1.82, 2.24) is 0 Å². The van der Waals surface area contributed by atoms with Gasteiger partial charge in [-0.2, -0.15) is 0 Å². The zero-order chi connectivity index (χ0) is 40.8. The molecule has 0 saturated heterocycles. The van der Waals surface area contributed by atoms with E-state index >= 15 is 0 Å². The SMILES string of the molecule is CC(C)(C)c1cc(N(c2ccccc2)c2ccccc2)cc2c1-c1cc3c(cc1C2(C)C)-c1c(C(C)(C)C)cc(N(c2ccccc2)c2ccccc2)cc1C3(C)C. The van der Waals surface area contributed by atoms with Crippen LogP contribution in [0, 0.1) is 0 Å². The Morgan fingerprint density at radius 2 is 0.603 bits per heavy atom. The molecular formula is C56H56N2. The Balaban J connectivity index is 1.27. The van der Waals surface area contributed by atoms with Crippen LogP contribution in [0.5, 0.6) is 0 Å². The van der Waals surface area contributed by atoms with Gasteiger partial charge in [0.1, 0.15) is 0 Å². The van der Waals surface area contributed by atoms with E-state index in [1.807, 2.05) is 0 Å². The number of para-hydroxylation sites is 4. The Morgan fingerprint density at radius 1 is 0.328 bits per heavy atom. The first-order valence-corrected chi connectivity index (χ1v) is 20.9. The van der Waals surface area contributed by atoms with Crippen molar-refractivity contribution in [2.75, 3.05) is 9.80 Å². The molecule has 0 fully saturated rings. The normalized spacial score (nSPS) is 14.7. The lowest BCUT2D eigenvalue weighted by molar-refractivity contribution is 0.589. The summed E-state index contributed by atoms with van der Waals surface area (Å²) in [5.41, 5.74) is 20.4. The third kappa shape index (κ3) is 5.99. The zero-order valence-electron chi connectivity index (χ0n) is 35.9. The van der Waals surface area contributed by atoms with Crippen molar-refractivity contribution in [3.05, 3.63) is 191 Å². The first-order valence-electron chi connectivity index (χ1n) is 20.9. The van der Waals surface area contributed by atoms with Crippen LogP contribution in [0.25, 0.3) is 22.3 Å². The quantitative estimate of drug-likeness (QED) is 0.167. The van der Waals surface area contributed by atoms with Crippen molar-refractivity contribution < 1.29 is 0 Å². The Kier molecular flexibility index (Phi) is 8.68. The van der Waals surface area contributed by atoms with E-state index in [2.05, 4.69) is 237 Å². The lowest BCUT2D eigenvalue weighted by Gasteiger charge is -2.32. The molecule has 0 bridgehead atoms. The highest BCUT2D eigenvalue weighted by atomic mass is 15.1. The van der Waals surface area contributed by atoms with Gasteiger partial charge in [-0.15, -0.1) is 0 Å². The molecule has 0 aromatic heterocycles. The highest BCUT2D eigenvalue weighted by molar-refractivity contribution is 5.95. The summed E-state index contributed by atoms with van der Waals surface area (Å²) in [6, 6.07) is 58.4. The maximum atomic E-state index is 2.59. The van der Waals surface area contributed by atoms with E-state index in [4.69, 9.17) is 0 Å². The molecule has 0 heterocycles. The molecule has 0 aliphatic heterocycles. The Hall–Kier alpha value is -5.86. The summed E-state index contributed by atoms with van der Waals surface area (Å²) in [6.45, 7) is 24.0. The Morgan fingerprint density at radius 3 is 0.862 bits per heavy atom. The minimum absolute atomic E-state index is 0.0963. The third-order valence-corrected chi connectivity index (χ3v) is 12.8. The first kappa shape index (κ1) is 37.7.